The van der Waals surface area contributed by atoms with Crippen molar-refractivity contribution in [2.75, 3.05) is 18.6 Å². The number of rotatable bonds is 6. The van der Waals surface area contributed by atoms with E-state index in [0.29, 0.717) is 40.0 Å². The van der Waals surface area contributed by atoms with E-state index in [0.717, 1.165) is 6.07 Å². The lowest BCUT2D eigenvalue weighted by molar-refractivity contribution is -0.274. The zero-order valence-corrected chi connectivity index (χ0v) is 16.3. The third-order valence-electron chi connectivity index (χ3n) is 4.41. The van der Waals surface area contributed by atoms with Gasteiger partial charge in [-0.15, -0.1) is 13.2 Å². The van der Waals surface area contributed by atoms with Crippen molar-refractivity contribution in [3.8, 4) is 23.1 Å². The molecule has 0 saturated heterocycles. The Morgan fingerprint density at radius 1 is 1.19 bits per heavy atom. The van der Waals surface area contributed by atoms with Gasteiger partial charge in [0.2, 0.25) is 0 Å². The van der Waals surface area contributed by atoms with Crippen LogP contribution < -0.4 is 10.1 Å². The van der Waals surface area contributed by atoms with Crippen molar-refractivity contribution >= 4 is 22.7 Å². The Morgan fingerprint density at radius 2 is 1.90 bits per heavy atom. The van der Waals surface area contributed by atoms with Gasteiger partial charge >= 0.3 is 12.5 Å². The average Bonchev–Trinajstić information content (AvgIpc) is 3.04. The number of benzene rings is 2. The molecule has 1 aromatic heterocycles. The monoisotopic (exact) mass is 435 g/mol. The number of carbonyl (C=O) groups excluding carboxylic acids is 1. The average molecular weight is 435 g/mol. The molecule has 3 rings (SSSR count). The Kier molecular flexibility index (Phi) is 6.34. The van der Waals surface area contributed by atoms with Crippen molar-refractivity contribution < 1.29 is 31.8 Å². The number of hydrogen-bond acceptors (Lipinski definition) is 4. The Morgan fingerprint density at radius 3 is 2.48 bits per heavy atom. The van der Waals surface area contributed by atoms with Crippen molar-refractivity contribution in [2.45, 2.75) is 19.8 Å². The second-order valence-electron chi connectivity index (χ2n) is 6.33. The summed E-state index contributed by atoms with van der Waals surface area (Å²) in [6.07, 6.45) is -5.63. The number of ether oxygens (including phenoxy) is 2. The number of alkyl halides is 4. The van der Waals surface area contributed by atoms with Crippen LogP contribution in [-0.2, 0) is 11.3 Å². The molecule has 1 N–H and O–H groups in total. The number of aromatic nitrogens is 1. The van der Waals surface area contributed by atoms with Gasteiger partial charge in [-0.3, -0.25) is 5.32 Å². The van der Waals surface area contributed by atoms with Crippen LogP contribution in [0.2, 0.25) is 0 Å². The van der Waals surface area contributed by atoms with Gasteiger partial charge in [0.05, 0.1) is 16.8 Å². The van der Waals surface area contributed by atoms with E-state index in [4.69, 9.17) is 0 Å². The fourth-order valence-electron chi connectivity index (χ4n) is 3.26. The van der Waals surface area contributed by atoms with Gasteiger partial charge in [0.1, 0.15) is 25.1 Å². The second kappa shape index (κ2) is 8.95. The number of amides is 1. The van der Waals surface area contributed by atoms with Gasteiger partial charge in [0.15, 0.2) is 0 Å². The second-order valence-corrected chi connectivity index (χ2v) is 6.33. The maximum Gasteiger partial charge on any atom is 0.573 e. The quantitative estimate of drug-likeness (QED) is 0.510. The predicted molar refractivity (Wildman–Crippen MR) is 105 cm³/mol. The molecule has 3 aromatic rings. The van der Waals surface area contributed by atoms with Crippen LogP contribution >= 0.6 is 0 Å². The minimum atomic E-state index is -4.83. The molecule has 1 heterocycles. The first-order valence-electron chi connectivity index (χ1n) is 9.19. The molecule has 1 amide bonds. The number of hydrogen-bond donors (Lipinski definition) is 1. The predicted octanol–water partition coefficient (Wildman–Crippen LogP) is 5.62. The van der Waals surface area contributed by atoms with Crippen molar-refractivity contribution in [3.63, 3.8) is 0 Å². The standard InChI is InChI=1S/C21H17F4N3O3/c1-2-28-18-11-15(31-21(23,24)25)7-8-16(18)17(12-26)19(28)13-3-5-14(6-4-13)27-20(29)30-10-9-22/h3-8,11H,2,9-10H2,1H3,(H,27,29). The number of aryl methyl sites for hydroxylation is 1. The highest BCUT2D eigenvalue weighted by molar-refractivity contribution is 5.95. The third kappa shape index (κ3) is 4.88. The number of halogens is 4. The molecule has 0 saturated carbocycles. The number of nitrogens with one attached hydrogen (secondary N) is 1. The van der Waals surface area contributed by atoms with Gasteiger partial charge in [-0.25, -0.2) is 9.18 Å². The van der Waals surface area contributed by atoms with Gasteiger partial charge in [-0.1, -0.05) is 12.1 Å². The highest BCUT2D eigenvalue weighted by Gasteiger charge is 2.31. The topological polar surface area (TPSA) is 76.3 Å². The number of nitriles is 1. The van der Waals surface area contributed by atoms with Crippen LogP contribution in [0.25, 0.3) is 22.2 Å². The molecule has 162 valence electrons. The number of carbonyl (C=O) groups is 1. The van der Waals surface area contributed by atoms with Crippen LogP contribution in [0, 0.1) is 11.3 Å². The van der Waals surface area contributed by atoms with E-state index in [1.807, 2.05) is 0 Å². The zero-order valence-electron chi connectivity index (χ0n) is 16.3. The number of nitrogens with zero attached hydrogens (tertiary/aromatic N) is 2. The lowest BCUT2D eigenvalue weighted by atomic mass is 10.1. The van der Waals surface area contributed by atoms with E-state index in [1.54, 1.807) is 35.8 Å². The van der Waals surface area contributed by atoms with E-state index < -0.39 is 19.1 Å². The molecule has 0 fully saturated rings. The van der Waals surface area contributed by atoms with Crippen LogP contribution in [0.5, 0.6) is 5.75 Å². The molecule has 0 spiro atoms. The van der Waals surface area contributed by atoms with Crippen LogP contribution in [0.4, 0.5) is 28.0 Å². The molecule has 0 unspecified atom stereocenters. The summed E-state index contributed by atoms with van der Waals surface area (Å²) < 4.78 is 60.2. The van der Waals surface area contributed by atoms with E-state index in [1.165, 1.54) is 12.1 Å². The first-order valence-corrected chi connectivity index (χ1v) is 9.19. The minimum Gasteiger partial charge on any atom is -0.447 e. The van der Waals surface area contributed by atoms with Gasteiger partial charge in [0, 0.05) is 23.7 Å². The Hall–Kier alpha value is -3.74. The minimum absolute atomic E-state index is 0.304. The summed E-state index contributed by atoms with van der Waals surface area (Å²) in [5.74, 6) is -0.380. The van der Waals surface area contributed by atoms with Crippen LogP contribution in [0.15, 0.2) is 42.5 Å². The van der Waals surface area contributed by atoms with Crippen LogP contribution in [0.3, 0.4) is 0 Å². The Bertz CT molecular complexity index is 1130. The van der Waals surface area contributed by atoms with Crippen molar-refractivity contribution in [1.82, 2.24) is 4.57 Å². The normalized spacial score (nSPS) is 11.2. The van der Waals surface area contributed by atoms with Gasteiger partial charge < -0.3 is 14.0 Å². The summed E-state index contributed by atoms with van der Waals surface area (Å²) in [4.78, 5) is 11.5. The maximum atomic E-state index is 12.6. The largest absolute Gasteiger partial charge is 0.573 e. The molecule has 31 heavy (non-hydrogen) atoms. The Balaban J connectivity index is 2.01. The lowest BCUT2D eigenvalue weighted by Crippen LogP contribution is -2.17. The number of anilines is 1. The summed E-state index contributed by atoms with van der Waals surface area (Å²) in [6, 6.07) is 12.4. The molecular weight excluding hydrogens is 418 g/mol. The van der Waals surface area contributed by atoms with E-state index in [9.17, 15) is 27.6 Å². The third-order valence-corrected chi connectivity index (χ3v) is 4.41. The van der Waals surface area contributed by atoms with Crippen molar-refractivity contribution in [1.29, 1.82) is 5.26 Å². The molecule has 10 heteroatoms. The zero-order chi connectivity index (χ0) is 22.6. The molecule has 2 aromatic carbocycles. The molecule has 0 atom stereocenters. The fourth-order valence-corrected chi connectivity index (χ4v) is 3.26. The molecule has 0 aliphatic heterocycles. The van der Waals surface area contributed by atoms with E-state index in [2.05, 4.69) is 20.9 Å². The summed E-state index contributed by atoms with van der Waals surface area (Å²) in [5.41, 5.74) is 2.27. The first-order chi connectivity index (χ1) is 14.8. The highest BCUT2D eigenvalue weighted by atomic mass is 19.4. The van der Waals surface area contributed by atoms with E-state index in [-0.39, 0.29) is 12.4 Å². The van der Waals surface area contributed by atoms with Crippen LogP contribution in [-0.4, -0.2) is 30.3 Å². The molecule has 0 aliphatic carbocycles. The SMILES string of the molecule is CCn1c(-c2ccc(NC(=O)OCCF)cc2)c(C#N)c2ccc(OC(F)(F)F)cc21. The molecule has 0 bridgehead atoms. The molecule has 0 aliphatic rings. The molecule has 6 nitrogen and oxygen atoms in total. The summed E-state index contributed by atoms with van der Waals surface area (Å²) in [6.45, 7) is 1.05. The summed E-state index contributed by atoms with van der Waals surface area (Å²) in [7, 11) is 0. The maximum absolute atomic E-state index is 12.6. The molecule has 0 radical (unpaired) electrons. The van der Waals surface area contributed by atoms with Crippen molar-refractivity contribution in [3.05, 3.63) is 48.0 Å². The van der Waals surface area contributed by atoms with Gasteiger partial charge in [0.25, 0.3) is 0 Å². The van der Waals surface area contributed by atoms with Crippen molar-refractivity contribution in [2.24, 2.45) is 0 Å². The first kappa shape index (κ1) is 22.0. The van der Waals surface area contributed by atoms with E-state index >= 15 is 0 Å². The fraction of sp³-hybridized carbons (Fsp3) is 0.238. The van der Waals surface area contributed by atoms with Crippen LogP contribution in [0.1, 0.15) is 12.5 Å². The van der Waals surface area contributed by atoms with Gasteiger partial charge in [-0.2, -0.15) is 5.26 Å². The Labute approximate surface area is 174 Å². The summed E-state index contributed by atoms with van der Waals surface area (Å²) >= 11 is 0. The highest BCUT2D eigenvalue weighted by Crippen LogP contribution is 2.36. The van der Waals surface area contributed by atoms with Gasteiger partial charge in [-0.05, 0) is 36.8 Å². The number of fused-ring (bicyclic) bond motifs is 1. The summed E-state index contributed by atoms with van der Waals surface area (Å²) in [5, 5.41) is 12.7. The lowest BCUT2D eigenvalue weighted by Gasteiger charge is -2.11. The smallest absolute Gasteiger partial charge is 0.447 e. The molecular formula is C21H17F4N3O3.